The zero-order valence-electron chi connectivity index (χ0n) is 20.0. The highest BCUT2D eigenvalue weighted by Crippen LogP contribution is 2.29. The maximum absolute atomic E-state index is 13.9. The molecular formula is C28H31N3O3S. The zero-order valence-corrected chi connectivity index (χ0v) is 20.8. The molecule has 4 aromatic rings. The van der Waals surface area contributed by atoms with Gasteiger partial charge in [-0.25, -0.2) is 0 Å². The maximum Gasteiger partial charge on any atom is 0.250 e. The Morgan fingerprint density at radius 3 is 2.69 bits per heavy atom. The first-order valence-electron chi connectivity index (χ1n) is 12.3. The second kappa shape index (κ2) is 10.5. The van der Waals surface area contributed by atoms with Crippen LogP contribution in [0.2, 0.25) is 0 Å². The molecule has 2 amide bonds. The Bertz CT molecular complexity index is 1280. The molecule has 182 valence electrons. The van der Waals surface area contributed by atoms with Gasteiger partial charge in [-0.3, -0.25) is 9.59 Å². The largest absolute Gasteiger partial charge is 0.464 e. The van der Waals surface area contributed by atoms with Crippen molar-refractivity contribution in [3.8, 4) is 0 Å². The Morgan fingerprint density at radius 2 is 1.94 bits per heavy atom. The molecule has 0 spiro atoms. The van der Waals surface area contributed by atoms with Crippen LogP contribution in [-0.4, -0.2) is 27.7 Å². The van der Waals surface area contributed by atoms with Crippen LogP contribution in [0.3, 0.4) is 0 Å². The van der Waals surface area contributed by atoms with E-state index in [2.05, 4.69) is 10.3 Å². The number of thiophene rings is 1. The molecule has 0 bridgehead atoms. The number of H-pyrrole nitrogens is 1. The summed E-state index contributed by atoms with van der Waals surface area (Å²) in [5.74, 6) is 0.936. The number of furan rings is 1. The van der Waals surface area contributed by atoms with Gasteiger partial charge in [0.15, 0.2) is 6.04 Å². The summed E-state index contributed by atoms with van der Waals surface area (Å²) in [4.78, 5) is 33.6. The summed E-state index contributed by atoms with van der Waals surface area (Å²) < 4.78 is 5.95. The first-order chi connectivity index (χ1) is 17.1. The fraction of sp³-hybridized carbons (Fsp3) is 0.357. The van der Waals surface area contributed by atoms with Crippen LogP contribution >= 0.6 is 11.3 Å². The van der Waals surface area contributed by atoms with Crippen molar-refractivity contribution in [2.75, 3.05) is 0 Å². The monoisotopic (exact) mass is 489 g/mol. The molecule has 6 nitrogen and oxygen atoms in total. The van der Waals surface area contributed by atoms with E-state index in [0.717, 1.165) is 52.8 Å². The van der Waals surface area contributed by atoms with Crippen molar-refractivity contribution in [3.63, 3.8) is 0 Å². The second-order valence-corrected chi connectivity index (χ2v) is 10.4. The molecule has 5 rings (SSSR count). The number of nitrogens with zero attached hydrogens (tertiary/aromatic N) is 1. The van der Waals surface area contributed by atoms with E-state index in [9.17, 15) is 9.59 Å². The van der Waals surface area contributed by atoms with E-state index >= 15 is 0 Å². The number of carbonyl (C=O) groups is 2. The Morgan fingerprint density at radius 1 is 1.11 bits per heavy atom. The minimum Gasteiger partial charge on any atom is -0.464 e. The van der Waals surface area contributed by atoms with Crippen molar-refractivity contribution in [2.24, 2.45) is 0 Å². The topological polar surface area (TPSA) is 78.3 Å². The number of nitrogens with one attached hydrogen (secondary N) is 2. The third-order valence-electron chi connectivity index (χ3n) is 6.79. The predicted octanol–water partition coefficient (Wildman–Crippen LogP) is 5.89. The molecule has 3 heterocycles. The lowest BCUT2D eigenvalue weighted by Gasteiger charge is -2.32. The van der Waals surface area contributed by atoms with Crippen LogP contribution in [0.4, 0.5) is 0 Å². The molecular weight excluding hydrogens is 458 g/mol. The number of aromatic nitrogens is 1. The van der Waals surface area contributed by atoms with E-state index in [1.54, 1.807) is 16.2 Å². The first-order valence-corrected chi connectivity index (χ1v) is 13.2. The van der Waals surface area contributed by atoms with Gasteiger partial charge in [0.05, 0.1) is 13.0 Å². The fourth-order valence-electron chi connectivity index (χ4n) is 4.99. The number of aryl methyl sites for hydroxylation is 1. The number of aromatic amines is 1. The predicted molar refractivity (Wildman–Crippen MR) is 138 cm³/mol. The average Bonchev–Trinajstić information content (AvgIpc) is 3.62. The Hall–Kier alpha value is -3.32. The quantitative estimate of drug-likeness (QED) is 0.324. The molecule has 1 saturated carbocycles. The van der Waals surface area contributed by atoms with E-state index < -0.39 is 6.04 Å². The molecule has 7 heteroatoms. The van der Waals surface area contributed by atoms with Gasteiger partial charge < -0.3 is 19.6 Å². The first kappa shape index (κ1) is 23.4. The van der Waals surface area contributed by atoms with Crippen LogP contribution < -0.4 is 5.32 Å². The number of hydrogen-bond donors (Lipinski definition) is 2. The summed E-state index contributed by atoms with van der Waals surface area (Å²) in [5, 5.41) is 6.25. The highest BCUT2D eigenvalue weighted by atomic mass is 32.1. The number of carbonyl (C=O) groups excluding carboxylic acids is 2. The molecule has 2 N–H and O–H groups in total. The fourth-order valence-corrected chi connectivity index (χ4v) is 5.69. The molecule has 1 atom stereocenters. The summed E-state index contributed by atoms with van der Waals surface area (Å²) in [6.45, 7) is 2.21. The molecule has 0 unspecified atom stereocenters. The molecule has 0 saturated heterocycles. The Kier molecular flexibility index (Phi) is 7.04. The normalized spacial score (nSPS) is 15.2. The summed E-state index contributed by atoms with van der Waals surface area (Å²) >= 11 is 1.58. The van der Waals surface area contributed by atoms with Crippen molar-refractivity contribution in [2.45, 2.75) is 64.1 Å². The van der Waals surface area contributed by atoms with Gasteiger partial charge >= 0.3 is 0 Å². The van der Waals surface area contributed by atoms with Crippen LogP contribution in [0.1, 0.15) is 60.1 Å². The lowest BCUT2D eigenvalue weighted by molar-refractivity contribution is -0.142. The number of fused-ring (bicyclic) bond motifs is 1. The van der Waals surface area contributed by atoms with Gasteiger partial charge in [0.1, 0.15) is 11.5 Å². The lowest BCUT2D eigenvalue weighted by atomic mass is 9.95. The third-order valence-corrected chi connectivity index (χ3v) is 7.65. The van der Waals surface area contributed by atoms with E-state index in [-0.39, 0.29) is 24.3 Å². The molecule has 1 aliphatic carbocycles. The smallest absolute Gasteiger partial charge is 0.250 e. The molecule has 0 radical (unpaired) electrons. The maximum atomic E-state index is 13.9. The van der Waals surface area contributed by atoms with Gasteiger partial charge in [-0.1, -0.05) is 43.5 Å². The minimum absolute atomic E-state index is 0.110. The molecule has 1 fully saturated rings. The number of benzene rings is 1. The van der Waals surface area contributed by atoms with Gasteiger partial charge in [-0.15, -0.1) is 11.3 Å². The van der Waals surface area contributed by atoms with Gasteiger partial charge in [-0.05, 0) is 55.0 Å². The molecule has 1 aromatic carbocycles. The third kappa shape index (κ3) is 5.35. The van der Waals surface area contributed by atoms with Crippen LogP contribution in [0.25, 0.3) is 10.9 Å². The number of amides is 2. The highest BCUT2D eigenvalue weighted by Gasteiger charge is 2.35. The zero-order chi connectivity index (χ0) is 24.2. The van der Waals surface area contributed by atoms with Crippen molar-refractivity contribution in [1.29, 1.82) is 0 Å². The van der Waals surface area contributed by atoms with E-state index in [0.29, 0.717) is 12.3 Å². The van der Waals surface area contributed by atoms with Crippen LogP contribution in [0, 0.1) is 6.92 Å². The van der Waals surface area contributed by atoms with Crippen molar-refractivity contribution in [3.05, 3.63) is 82.1 Å². The molecule has 1 aliphatic rings. The van der Waals surface area contributed by atoms with Crippen molar-refractivity contribution in [1.82, 2.24) is 15.2 Å². The molecule has 3 aromatic heterocycles. The van der Waals surface area contributed by atoms with E-state index in [4.69, 9.17) is 4.42 Å². The van der Waals surface area contributed by atoms with Crippen molar-refractivity contribution < 1.29 is 14.0 Å². The molecule has 0 aliphatic heterocycles. The summed E-state index contributed by atoms with van der Waals surface area (Å²) in [7, 11) is 0. The van der Waals surface area contributed by atoms with Crippen molar-refractivity contribution >= 4 is 34.1 Å². The van der Waals surface area contributed by atoms with E-state index in [1.165, 1.54) is 6.42 Å². The second-order valence-electron chi connectivity index (χ2n) is 9.33. The summed E-state index contributed by atoms with van der Waals surface area (Å²) in [6.07, 6.45) is 7.48. The Balaban J connectivity index is 1.48. The summed E-state index contributed by atoms with van der Waals surface area (Å²) in [5.41, 5.74) is 1.91. The standard InChI is InChI=1S/C28H31N3O3S/c1-19-13-14-25(34-19)27(28(33)30-21-8-3-2-4-9-21)31(18-22-10-7-15-35-22)26(32)16-20-17-29-24-12-6-5-11-23(20)24/h5-7,10-15,17,21,27,29H,2-4,8-9,16,18H2,1H3,(H,30,33)/t27-/m1/s1. The molecule has 35 heavy (non-hydrogen) atoms. The van der Waals surface area contributed by atoms with Crippen LogP contribution in [-0.2, 0) is 22.6 Å². The van der Waals surface area contributed by atoms with E-state index in [1.807, 2.05) is 67.0 Å². The van der Waals surface area contributed by atoms with Gasteiger partial charge in [0, 0.05) is 28.0 Å². The van der Waals surface area contributed by atoms with Gasteiger partial charge in [0.25, 0.3) is 5.91 Å². The number of rotatable bonds is 8. The minimum atomic E-state index is -0.828. The highest BCUT2D eigenvalue weighted by molar-refractivity contribution is 7.09. The average molecular weight is 490 g/mol. The Labute approximate surface area is 209 Å². The lowest BCUT2D eigenvalue weighted by Crippen LogP contribution is -2.47. The van der Waals surface area contributed by atoms with Gasteiger partial charge in [0.2, 0.25) is 5.91 Å². The van der Waals surface area contributed by atoms with Gasteiger partial charge in [-0.2, -0.15) is 0 Å². The van der Waals surface area contributed by atoms with Crippen LogP contribution in [0.5, 0.6) is 0 Å². The summed E-state index contributed by atoms with van der Waals surface area (Å²) in [6, 6.07) is 14.9. The number of para-hydroxylation sites is 1. The number of hydrogen-bond acceptors (Lipinski definition) is 4. The SMILES string of the molecule is Cc1ccc([C@H](C(=O)NC2CCCCC2)N(Cc2cccs2)C(=O)Cc2c[nH]c3ccccc23)o1. The van der Waals surface area contributed by atoms with Crippen LogP contribution in [0.15, 0.2) is 64.5 Å².